The van der Waals surface area contributed by atoms with Crippen molar-refractivity contribution in [3.63, 3.8) is 0 Å². The number of sulfonamides is 1. The second-order valence-electron chi connectivity index (χ2n) is 9.69. The summed E-state index contributed by atoms with van der Waals surface area (Å²) in [6.07, 6.45) is 3.32. The van der Waals surface area contributed by atoms with Crippen LogP contribution in [0, 0.1) is 5.92 Å². The van der Waals surface area contributed by atoms with Crippen molar-refractivity contribution in [1.29, 1.82) is 0 Å². The lowest BCUT2D eigenvalue weighted by molar-refractivity contribution is -0.140. The van der Waals surface area contributed by atoms with Gasteiger partial charge in [-0.3, -0.25) is 4.79 Å². The molecule has 1 aromatic carbocycles. The number of benzene rings is 1. The summed E-state index contributed by atoms with van der Waals surface area (Å²) in [6.45, 7) is 2.91. The van der Waals surface area contributed by atoms with Crippen molar-refractivity contribution in [1.82, 2.24) is 14.5 Å². The van der Waals surface area contributed by atoms with Gasteiger partial charge < -0.3 is 19.3 Å². The van der Waals surface area contributed by atoms with Gasteiger partial charge in [0.15, 0.2) is 5.78 Å². The van der Waals surface area contributed by atoms with Crippen LogP contribution in [0.15, 0.2) is 35.2 Å². The van der Waals surface area contributed by atoms with Crippen LogP contribution < -0.4 is 4.72 Å². The molecule has 4 fully saturated rings. The number of fused-ring (bicyclic) bond motifs is 1. The fourth-order valence-electron chi connectivity index (χ4n) is 5.61. The first-order valence-electron chi connectivity index (χ1n) is 11.7. The highest BCUT2D eigenvalue weighted by Crippen LogP contribution is 2.37. The molecule has 0 aliphatic carbocycles. The summed E-state index contributed by atoms with van der Waals surface area (Å²) in [5, 5.41) is 0. The second-order valence-corrected chi connectivity index (χ2v) is 11.4. The van der Waals surface area contributed by atoms with Gasteiger partial charge >= 0.3 is 6.03 Å². The first kappa shape index (κ1) is 22.8. The molecule has 0 saturated carbocycles. The van der Waals surface area contributed by atoms with Crippen molar-refractivity contribution in [3.8, 4) is 0 Å². The molecular formula is C23H31N3O6S. The molecule has 2 amide bonds. The van der Waals surface area contributed by atoms with E-state index in [-0.39, 0.29) is 41.4 Å². The van der Waals surface area contributed by atoms with Crippen molar-refractivity contribution < 1.29 is 27.5 Å². The fourth-order valence-corrected chi connectivity index (χ4v) is 6.85. The van der Waals surface area contributed by atoms with E-state index in [0.29, 0.717) is 58.5 Å². The molecule has 0 bridgehead atoms. The van der Waals surface area contributed by atoms with Crippen LogP contribution in [-0.2, 0) is 24.3 Å². The minimum absolute atomic E-state index is 0.0145. The first-order valence-corrected chi connectivity index (χ1v) is 13.2. The normalized spacial score (nSPS) is 29.8. The summed E-state index contributed by atoms with van der Waals surface area (Å²) in [4.78, 5) is 28.8. The molecule has 1 N–H and O–H groups in total. The van der Waals surface area contributed by atoms with E-state index in [9.17, 15) is 18.0 Å². The van der Waals surface area contributed by atoms with Crippen LogP contribution >= 0.6 is 0 Å². The zero-order chi connectivity index (χ0) is 23.1. The molecular weight excluding hydrogens is 446 g/mol. The maximum absolute atomic E-state index is 13.1. The number of rotatable bonds is 3. The van der Waals surface area contributed by atoms with Gasteiger partial charge in [0.2, 0.25) is 10.0 Å². The number of nitrogens with one attached hydrogen (secondary N) is 1. The topological polar surface area (TPSA) is 105 Å². The van der Waals surface area contributed by atoms with Crippen molar-refractivity contribution >= 4 is 21.8 Å². The minimum Gasteiger partial charge on any atom is -0.373 e. The van der Waals surface area contributed by atoms with E-state index in [1.54, 1.807) is 30.3 Å². The number of carbonyl (C=O) groups excluding carboxylic acids is 2. The summed E-state index contributed by atoms with van der Waals surface area (Å²) in [5.74, 6) is 0.206. The highest BCUT2D eigenvalue weighted by atomic mass is 32.2. The third-order valence-corrected chi connectivity index (χ3v) is 8.95. The quantitative estimate of drug-likeness (QED) is 0.705. The molecule has 4 heterocycles. The lowest BCUT2D eigenvalue weighted by Crippen LogP contribution is -2.56. The SMILES string of the molecule is O=C1CO[C@H]2CCN(C(=O)N3CCC4(CC3)C[C@@H](NS(=O)(=O)c3ccccc3)CO4)C[C@H]2C1. The molecule has 5 rings (SSSR count). The van der Waals surface area contributed by atoms with Crippen molar-refractivity contribution in [2.24, 2.45) is 5.92 Å². The molecule has 33 heavy (non-hydrogen) atoms. The van der Waals surface area contributed by atoms with Gasteiger partial charge in [-0.1, -0.05) is 18.2 Å². The van der Waals surface area contributed by atoms with Crippen LogP contribution in [-0.4, -0.2) is 87.2 Å². The van der Waals surface area contributed by atoms with Crippen LogP contribution in [0.5, 0.6) is 0 Å². The number of Topliss-reactive ketones (excluding diaryl/α,β-unsaturated/α-hetero) is 1. The number of piperidine rings is 2. The van der Waals surface area contributed by atoms with E-state index in [4.69, 9.17) is 9.47 Å². The van der Waals surface area contributed by atoms with E-state index in [1.165, 1.54) is 0 Å². The van der Waals surface area contributed by atoms with Crippen molar-refractivity contribution in [3.05, 3.63) is 30.3 Å². The van der Waals surface area contributed by atoms with Crippen LogP contribution in [0.4, 0.5) is 4.79 Å². The molecule has 10 heteroatoms. The number of likely N-dealkylation sites (tertiary alicyclic amines) is 2. The maximum atomic E-state index is 13.1. The third-order valence-electron chi connectivity index (χ3n) is 7.41. The summed E-state index contributed by atoms with van der Waals surface area (Å²) in [6, 6.07) is 8.09. The number of hydrogen-bond donors (Lipinski definition) is 1. The van der Waals surface area contributed by atoms with Gasteiger partial charge in [0.25, 0.3) is 0 Å². The second kappa shape index (κ2) is 8.98. The number of nitrogens with zero attached hydrogens (tertiary/aromatic N) is 2. The smallest absolute Gasteiger partial charge is 0.320 e. The standard InChI is InChI=1S/C23H31N3O6S/c27-19-12-17-14-26(9-6-21(17)31-16-19)22(28)25-10-7-23(8-11-25)13-18(15-32-23)24-33(29,30)20-4-2-1-3-5-20/h1-5,17-18,21,24H,6-16H2/t17-,18-,21+/m1/s1. The Balaban J connectivity index is 1.14. The van der Waals surface area contributed by atoms with E-state index in [0.717, 1.165) is 6.42 Å². The first-order chi connectivity index (χ1) is 15.8. The molecule has 4 aliphatic heterocycles. The molecule has 1 spiro atoms. The van der Waals surface area contributed by atoms with Gasteiger partial charge in [-0.25, -0.2) is 17.9 Å². The molecule has 4 saturated heterocycles. The number of hydrogen-bond acceptors (Lipinski definition) is 6. The van der Waals surface area contributed by atoms with E-state index >= 15 is 0 Å². The van der Waals surface area contributed by atoms with Crippen LogP contribution in [0.25, 0.3) is 0 Å². The largest absolute Gasteiger partial charge is 0.373 e. The van der Waals surface area contributed by atoms with Crippen LogP contribution in [0.3, 0.4) is 0 Å². The predicted molar refractivity (Wildman–Crippen MR) is 119 cm³/mol. The molecule has 1 aromatic rings. The van der Waals surface area contributed by atoms with Crippen LogP contribution in [0.1, 0.15) is 32.1 Å². The van der Waals surface area contributed by atoms with E-state index in [1.807, 2.05) is 9.80 Å². The molecule has 9 nitrogen and oxygen atoms in total. The Kier molecular flexibility index (Phi) is 6.19. The van der Waals surface area contributed by atoms with Crippen LogP contribution in [0.2, 0.25) is 0 Å². The number of carbonyl (C=O) groups is 2. The molecule has 0 aromatic heterocycles. The van der Waals surface area contributed by atoms with Gasteiger partial charge in [-0.05, 0) is 37.8 Å². The summed E-state index contributed by atoms with van der Waals surface area (Å²) >= 11 is 0. The monoisotopic (exact) mass is 477 g/mol. The summed E-state index contributed by atoms with van der Waals surface area (Å²) in [5.41, 5.74) is -0.392. The van der Waals surface area contributed by atoms with Gasteiger partial charge in [0, 0.05) is 44.6 Å². The fraction of sp³-hybridized carbons (Fsp3) is 0.652. The number of urea groups is 1. The predicted octanol–water partition coefficient (Wildman–Crippen LogP) is 1.39. The Labute approximate surface area is 194 Å². The Hall–Kier alpha value is -2.01. The highest BCUT2D eigenvalue weighted by Gasteiger charge is 2.45. The van der Waals surface area contributed by atoms with Crippen molar-refractivity contribution in [2.75, 3.05) is 39.4 Å². The third kappa shape index (κ3) is 4.80. The molecule has 0 radical (unpaired) electrons. The average molecular weight is 478 g/mol. The molecule has 3 atom stereocenters. The maximum Gasteiger partial charge on any atom is 0.320 e. The average Bonchev–Trinajstić information content (AvgIpc) is 3.20. The van der Waals surface area contributed by atoms with Gasteiger partial charge in [-0.15, -0.1) is 0 Å². The Morgan fingerprint density at radius 3 is 2.61 bits per heavy atom. The van der Waals surface area contributed by atoms with Gasteiger partial charge in [0.1, 0.15) is 6.61 Å². The molecule has 4 aliphatic rings. The highest BCUT2D eigenvalue weighted by molar-refractivity contribution is 7.89. The number of amides is 2. The minimum atomic E-state index is -3.59. The molecule has 0 unspecified atom stereocenters. The van der Waals surface area contributed by atoms with E-state index in [2.05, 4.69) is 4.72 Å². The Morgan fingerprint density at radius 2 is 1.85 bits per heavy atom. The molecule has 180 valence electrons. The van der Waals surface area contributed by atoms with Crippen molar-refractivity contribution in [2.45, 2.75) is 54.7 Å². The van der Waals surface area contributed by atoms with E-state index < -0.39 is 15.6 Å². The Bertz CT molecular complexity index is 993. The number of ketones is 1. The summed E-state index contributed by atoms with van der Waals surface area (Å²) in [7, 11) is -3.59. The zero-order valence-corrected chi connectivity index (χ0v) is 19.5. The summed E-state index contributed by atoms with van der Waals surface area (Å²) < 4.78 is 39.8. The Morgan fingerprint density at radius 1 is 1.09 bits per heavy atom. The lowest BCUT2D eigenvalue weighted by atomic mass is 9.87. The zero-order valence-electron chi connectivity index (χ0n) is 18.6. The number of ether oxygens (including phenoxy) is 2. The van der Waals surface area contributed by atoms with Gasteiger partial charge in [0.05, 0.1) is 23.2 Å². The lowest BCUT2D eigenvalue weighted by Gasteiger charge is -2.44. The van der Waals surface area contributed by atoms with Gasteiger partial charge in [-0.2, -0.15) is 0 Å².